The maximum atomic E-state index is 11.6. The molecule has 0 atom stereocenters. The zero-order chi connectivity index (χ0) is 13.6. The van der Waals surface area contributed by atoms with Crippen LogP contribution < -0.4 is 5.56 Å². The van der Waals surface area contributed by atoms with Gasteiger partial charge < -0.3 is 9.67 Å². The standard InChI is InChI=1S/C11H15NO3.C2H6/c1-8-5-4-6-12(9(8)13)7-11(2,3)10(14)15;1-2/h4-6H,7H2,1-3H3,(H,14,15);1-2H3. The van der Waals surface area contributed by atoms with Crippen molar-refractivity contribution in [1.29, 1.82) is 0 Å². The van der Waals surface area contributed by atoms with Crippen molar-refractivity contribution in [3.8, 4) is 0 Å². The molecule has 0 saturated carbocycles. The summed E-state index contributed by atoms with van der Waals surface area (Å²) in [6.45, 7) is 9.10. The Kier molecular flexibility index (Phi) is 5.65. The third-order valence-corrected chi connectivity index (χ3v) is 2.36. The number of carbonyl (C=O) groups is 1. The Labute approximate surface area is 102 Å². The van der Waals surface area contributed by atoms with E-state index in [-0.39, 0.29) is 12.1 Å². The van der Waals surface area contributed by atoms with Gasteiger partial charge in [0.15, 0.2) is 0 Å². The number of aromatic nitrogens is 1. The topological polar surface area (TPSA) is 59.3 Å². The lowest BCUT2D eigenvalue weighted by atomic mass is 9.94. The number of rotatable bonds is 3. The van der Waals surface area contributed by atoms with Crippen LogP contribution >= 0.6 is 0 Å². The summed E-state index contributed by atoms with van der Waals surface area (Å²) < 4.78 is 1.43. The van der Waals surface area contributed by atoms with Crippen molar-refractivity contribution in [3.05, 3.63) is 34.2 Å². The molecule has 96 valence electrons. The van der Waals surface area contributed by atoms with Crippen LogP contribution in [0.4, 0.5) is 0 Å². The first-order chi connectivity index (χ1) is 7.84. The number of hydrogen-bond donors (Lipinski definition) is 1. The highest BCUT2D eigenvalue weighted by Crippen LogP contribution is 2.17. The minimum atomic E-state index is -0.933. The average Bonchev–Trinajstić information content (AvgIpc) is 2.27. The Hall–Kier alpha value is -1.58. The van der Waals surface area contributed by atoms with E-state index >= 15 is 0 Å². The summed E-state index contributed by atoms with van der Waals surface area (Å²) in [6, 6.07) is 3.46. The SMILES string of the molecule is CC.Cc1cccn(CC(C)(C)C(=O)O)c1=O. The molecule has 0 aliphatic carbocycles. The summed E-state index contributed by atoms with van der Waals surface area (Å²) in [5.74, 6) is -0.907. The first kappa shape index (κ1) is 15.4. The molecule has 1 rings (SSSR count). The fraction of sp³-hybridized carbons (Fsp3) is 0.538. The summed E-state index contributed by atoms with van der Waals surface area (Å²) in [7, 11) is 0. The van der Waals surface area contributed by atoms with Crippen LogP contribution in [0.2, 0.25) is 0 Å². The first-order valence-electron chi connectivity index (χ1n) is 5.74. The molecule has 4 heteroatoms. The first-order valence-corrected chi connectivity index (χ1v) is 5.74. The summed E-state index contributed by atoms with van der Waals surface area (Å²) in [4.78, 5) is 22.5. The molecule has 0 aliphatic heterocycles. The lowest BCUT2D eigenvalue weighted by Crippen LogP contribution is -2.34. The second kappa shape index (κ2) is 6.23. The lowest BCUT2D eigenvalue weighted by Gasteiger charge is -2.20. The summed E-state index contributed by atoms with van der Waals surface area (Å²) in [5, 5.41) is 8.95. The Morgan fingerprint density at radius 3 is 2.41 bits per heavy atom. The molecule has 0 fully saturated rings. The number of nitrogens with zero attached hydrogens (tertiary/aromatic N) is 1. The molecule has 1 heterocycles. The summed E-state index contributed by atoms with van der Waals surface area (Å²) >= 11 is 0. The number of aryl methyl sites for hydroxylation is 1. The van der Waals surface area contributed by atoms with Crippen molar-refractivity contribution in [2.75, 3.05) is 0 Å². The fourth-order valence-electron chi connectivity index (χ4n) is 1.27. The van der Waals surface area contributed by atoms with Crippen LogP contribution in [0.3, 0.4) is 0 Å². The van der Waals surface area contributed by atoms with Crippen LogP contribution in [0.5, 0.6) is 0 Å². The second-order valence-corrected chi connectivity index (χ2v) is 4.31. The molecular formula is C13H21NO3. The van der Waals surface area contributed by atoms with Crippen molar-refractivity contribution >= 4 is 5.97 Å². The molecule has 17 heavy (non-hydrogen) atoms. The predicted octanol–water partition coefficient (Wildman–Crippen LogP) is 2.29. The van der Waals surface area contributed by atoms with Gasteiger partial charge in [-0.05, 0) is 26.8 Å². The monoisotopic (exact) mass is 239 g/mol. The van der Waals surface area contributed by atoms with Crippen LogP contribution in [-0.2, 0) is 11.3 Å². The van der Waals surface area contributed by atoms with E-state index in [0.29, 0.717) is 5.56 Å². The van der Waals surface area contributed by atoms with Crippen LogP contribution in [-0.4, -0.2) is 15.6 Å². The van der Waals surface area contributed by atoms with Gasteiger partial charge in [-0.15, -0.1) is 0 Å². The molecule has 0 aliphatic rings. The zero-order valence-corrected chi connectivity index (χ0v) is 11.2. The number of pyridine rings is 1. The van der Waals surface area contributed by atoms with E-state index in [1.165, 1.54) is 4.57 Å². The smallest absolute Gasteiger partial charge is 0.310 e. The molecule has 0 aromatic carbocycles. The maximum Gasteiger partial charge on any atom is 0.310 e. The van der Waals surface area contributed by atoms with Gasteiger partial charge in [0.25, 0.3) is 5.56 Å². The molecule has 0 unspecified atom stereocenters. The van der Waals surface area contributed by atoms with E-state index in [4.69, 9.17) is 5.11 Å². The van der Waals surface area contributed by atoms with E-state index in [9.17, 15) is 9.59 Å². The van der Waals surface area contributed by atoms with Gasteiger partial charge in [-0.2, -0.15) is 0 Å². The highest BCUT2D eigenvalue weighted by molar-refractivity contribution is 5.73. The maximum absolute atomic E-state index is 11.6. The number of hydrogen-bond acceptors (Lipinski definition) is 2. The lowest BCUT2D eigenvalue weighted by molar-refractivity contribution is -0.147. The second-order valence-electron chi connectivity index (χ2n) is 4.31. The van der Waals surface area contributed by atoms with Crippen LogP contribution in [0.15, 0.2) is 23.1 Å². The average molecular weight is 239 g/mol. The van der Waals surface area contributed by atoms with E-state index in [1.807, 2.05) is 13.8 Å². The molecule has 0 saturated heterocycles. The van der Waals surface area contributed by atoms with Gasteiger partial charge in [-0.1, -0.05) is 19.9 Å². The van der Waals surface area contributed by atoms with Gasteiger partial charge in [0.1, 0.15) is 0 Å². The Balaban J connectivity index is 0.00000121. The Bertz CT molecular complexity index is 433. The number of carboxylic acid groups (broad SMARTS) is 1. The van der Waals surface area contributed by atoms with Crippen LogP contribution in [0.25, 0.3) is 0 Å². The van der Waals surface area contributed by atoms with Crippen molar-refractivity contribution in [1.82, 2.24) is 4.57 Å². The number of carboxylic acids is 1. The molecule has 0 amide bonds. The fourth-order valence-corrected chi connectivity index (χ4v) is 1.27. The molecule has 1 N–H and O–H groups in total. The summed E-state index contributed by atoms with van der Waals surface area (Å²) in [6.07, 6.45) is 1.61. The normalized spacial score (nSPS) is 10.4. The molecule has 1 aromatic rings. The van der Waals surface area contributed by atoms with Crippen molar-refractivity contribution in [2.24, 2.45) is 5.41 Å². The van der Waals surface area contributed by atoms with Crippen molar-refractivity contribution in [2.45, 2.75) is 41.2 Å². The van der Waals surface area contributed by atoms with Gasteiger partial charge in [0.05, 0.1) is 5.41 Å². The molecule has 0 spiro atoms. The molecule has 4 nitrogen and oxygen atoms in total. The van der Waals surface area contributed by atoms with Crippen LogP contribution in [0.1, 0.15) is 33.3 Å². The minimum Gasteiger partial charge on any atom is -0.481 e. The van der Waals surface area contributed by atoms with Gasteiger partial charge in [-0.3, -0.25) is 9.59 Å². The van der Waals surface area contributed by atoms with Crippen molar-refractivity contribution in [3.63, 3.8) is 0 Å². The highest BCUT2D eigenvalue weighted by Gasteiger charge is 2.27. The van der Waals surface area contributed by atoms with E-state index in [2.05, 4.69) is 0 Å². The number of aliphatic carboxylic acids is 1. The van der Waals surface area contributed by atoms with Gasteiger partial charge in [0, 0.05) is 18.3 Å². The van der Waals surface area contributed by atoms with E-state index in [1.54, 1.807) is 39.1 Å². The minimum absolute atomic E-state index is 0.133. The Morgan fingerprint density at radius 1 is 1.41 bits per heavy atom. The van der Waals surface area contributed by atoms with Gasteiger partial charge in [0.2, 0.25) is 0 Å². The van der Waals surface area contributed by atoms with Crippen molar-refractivity contribution < 1.29 is 9.90 Å². The molecule has 0 bridgehead atoms. The van der Waals surface area contributed by atoms with E-state index < -0.39 is 11.4 Å². The largest absolute Gasteiger partial charge is 0.481 e. The third-order valence-electron chi connectivity index (χ3n) is 2.36. The van der Waals surface area contributed by atoms with Crippen LogP contribution in [0, 0.1) is 12.3 Å². The van der Waals surface area contributed by atoms with Gasteiger partial charge >= 0.3 is 5.97 Å². The predicted molar refractivity (Wildman–Crippen MR) is 68.2 cm³/mol. The van der Waals surface area contributed by atoms with E-state index in [0.717, 1.165) is 0 Å². The molecule has 0 radical (unpaired) electrons. The van der Waals surface area contributed by atoms with Gasteiger partial charge in [-0.25, -0.2) is 0 Å². The Morgan fingerprint density at radius 2 is 1.94 bits per heavy atom. The highest BCUT2D eigenvalue weighted by atomic mass is 16.4. The zero-order valence-electron chi connectivity index (χ0n) is 11.2. The molecular weight excluding hydrogens is 218 g/mol. The third kappa shape index (κ3) is 4.06. The summed E-state index contributed by atoms with van der Waals surface area (Å²) in [5.41, 5.74) is -0.442. The quantitative estimate of drug-likeness (QED) is 0.880. The molecule has 1 aromatic heterocycles.